The van der Waals surface area contributed by atoms with Crippen molar-refractivity contribution < 1.29 is 9.53 Å². The number of benzene rings is 1. The summed E-state index contributed by atoms with van der Waals surface area (Å²) in [4.78, 5) is 18.3. The largest absolute Gasteiger partial charge is 0.377 e. The van der Waals surface area contributed by atoms with Crippen LogP contribution in [0, 0.1) is 13.8 Å². The molecule has 1 saturated heterocycles. The topological polar surface area (TPSA) is 74.0 Å². The smallest absolute Gasteiger partial charge is 0.254 e. The minimum absolute atomic E-state index is 0.0260. The molecule has 24 heavy (non-hydrogen) atoms. The van der Waals surface area contributed by atoms with E-state index < -0.39 is 0 Å². The molecule has 2 aromatic heterocycles. The van der Waals surface area contributed by atoms with Gasteiger partial charge in [-0.05, 0) is 43.7 Å². The van der Waals surface area contributed by atoms with E-state index in [1.54, 1.807) is 6.20 Å². The van der Waals surface area contributed by atoms with E-state index in [4.69, 9.17) is 4.74 Å². The molecule has 4 rings (SSSR count). The van der Waals surface area contributed by atoms with E-state index >= 15 is 0 Å². The third-order valence-corrected chi connectivity index (χ3v) is 4.83. The summed E-state index contributed by atoms with van der Waals surface area (Å²) in [5.41, 5.74) is 4.99. The second-order valence-corrected chi connectivity index (χ2v) is 6.24. The summed E-state index contributed by atoms with van der Waals surface area (Å²) in [5.74, 6) is 0.0260. The second kappa shape index (κ2) is 5.79. The molecule has 0 unspecified atom stereocenters. The van der Waals surface area contributed by atoms with E-state index in [-0.39, 0.29) is 11.9 Å². The molecule has 1 aliphatic rings. The van der Waals surface area contributed by atoms with E-state index in [1.165, 1.54) is 5.56 Å². The van der Waals surface area contributed by atoms with Crippen LogP contribution in [0.5, 0.6) is 0 Å². The molecule has 3 heterocycles. The number of hydrogen-bond acceptors (Lipinski definition) is 3. The number of nitrogens with zero attached hydrogens (tertiary/aromatic N) is 2. The molecule has 1 atom stereocenters. The Kier molecular flexibility index (Phi) is 3.61. The number of carbonyl (C=O) groups is 1. The van der Waals surface area contributed by atoms with Gasteiger partial charge < -0.3 is 14.6 Å². The van der Waals surface area contributed by atoms with Gasteiger partial charge in [0.2, 0.25) is 0 Å². The summed E-state index contributed by atoms with van der Waals surface area (Å²) in [6.45, 7) is 5.74. The lowest BCUT2D eigenvalue weighted by atomic mass is 10.1. The lowest BCUT2D eigenvalue weighted by Crippen LogP contribution is -2.43. The fourth-order valence-electron chi connectivity index (χ4n) is 3.32. The molecule has 1 fully saturated rings. The van der Waals surface area contributed by atoms with Crippen molar-refractivity contribution in [3.8, 4) is 0 Å². The molecule has 0 saturated carbocycles. The van der Waals surface area contributed by atoms with Crippen molar-refractivity contribution in [2.45, 2.75) is 19.9 Å². The molecular formula is C18H20N4O2. The molecule has 1 aliphatic heterocycles. The highest BCUT2D eigenvalue weighted by Crippen LogP contribution is 2.27. The number of carbonyl (C=O) groups excluding carboxylic acids is 1. The molecule has 1 amide bonds. The van der Waals surface area contributed by atoms with Crippen LogP contribution in [0.2, 0.25) is 0 Å². The average molecular weight is 324 g/mol. The summed E-state index contributed by atoms with van der Waals surface area (Å²) in [6, 6.07) is 7.62. The Morgan fingerprint density at radius 1 is 1.33 bits per heavy atom. The standard InChI is InChI=1S/C18H20N4O2/c1-11-12(2)20-15-4-3-13(9-14(11)15)18(23)22-7-8-24-10-17(22)16-5-6-19-21-16/h3-6,9,17,20H,7-8,10H2,1-2H3,(H,19,21)/t17-/m0/s1. The van der Waals surface area contributed by atoms with Crippen molar-refractivity contribution in [3.05, 3.63) is 53.0 Å². The SMILES string of the molecule is Cc1[nH]c2ccc(C(=O)N3CCOC[C@H]3c3ccn[nH]3)cc2c1C. The normalized spacial score (nSPS) is 18.2. The number of aromatic amines is 2. The molecule has 0 bridgehead atoms. The van der Waals surface area contributed by atoms with Crippen molar-refractivity contribution in [2.75, 3.05) is 19.8 Å². The van der Waals surface area contributed by atoms with Crippen molar-refractivity contribution in [3.63, 3.8) is 0 Å². The third kappa shape index (κ3) is 2.39. The van der Waals surface area contributed by atoms with Gasteiger partial charge in [-0.1, -0.05) is 0 Å². The van der Waals surface area contributed by atoms with Gasteiger partial charge in [-0.2, -0.15) is 5.10 Å². The van der Waals surface area contributed by atoms with Gasteiger partial charge in [0.25, 0.3) is 5.91 Å². The van der Waals surface area contributed by atoms with Crippen LogP contribution in [0.15, 0.2) is 30.5 Å². The minimum Gasteiger partial charge on any atom is -0.377 e. The maximum atomic E-state index is 13.1. The summed E-state index contributed by atoms with van der Waals surface area (Å²) in [5, 5.41) is 8.05. The first-order valence-electron chi connectivity index (χ1n) is 8.12. The third-order valence-electron chi connectivity index (χ3n) is 4.83. The Balaban J connectivity index is 1.70. The van der Waals surface area contributed by atoms with Crippen molar-refractivity contribution >= 4 is 16.8 Å². The van der Waals surface area contributed by atoms with E-state index in [0.717, 1.165) is 22.3 Å². The summed E-state index contributed by atoms with van der Waals surface area (Å²) < 4.78 is 5.57. The van der Waals surface area contributed by atoms with Crippen LogP contribution < -0.4 is 0 Å². The number of hydrogen-bond donors (Lipinski definition) is 2. The summed E-state index contributed by atoms with van der Waals surface area (Å²) in [7, 11) is 0. The zero-order valence-corrected chi connectivity index (χ0v) is 13.8. The summed E-state index contributed by atoms with van der Waals surface area (Å²) >= 11 is 0. The van der Waals surface area contributed by atoms with Crippen molar-refractivity contribution in [2.24, 2.45) is 0 Å². The van der Waals surface area contributed by atoms with Crippen LogP contribution in [0.4, 0.5) is 0 Å². The first kappa shape index (κ1) is 15.0. The van der Waals surface area contributed by atoms with Gasteiger partial charge in [0.1, 0.15) is 0 Å². The molecule has 2 N–H and O–H groups in total. The minimum atomic E-state index is -0.126. The Morgan fingerprint density at radius 2 is 2.21 bits per heavy atom. The quantitative estimate of drug-likeness (QED) is 0.761. The van der Waals surface area contributed by atoms with Gasteiger partial charge in [0, 0.05) is 34.9 Å². The molecule has 1 aromatic carbocycles. The number of aryl methyl sites for hydroxylation is 2. The van der Waals surface area contributed by atoms with Crippen LogP contribution in [0.3, 0.4) is 0 Å². The Labute approximate surface area is 139 Å². The van der Waals surface area contributed by atoms with Crippen LogP contribution >= 0.6 is 0 Å². The molecule has 3 aromatic rings. The lowest BCUT2D eigenvalue weighted by Gasteiger charge is -2.35. The Hall–Kier alpha value is -2.60. The number of nitrogens with one attached hydrogen (secondary N) is 2. The zero-order chi connectivity index (χ0) is 16.7. The van der Waals surface area contributed by atoms with Crippen molar-refractivity contribution in [1.82, 2.24) is 20.1 Å². The van der Waals surface area contributed by atoms with Crippen LogP contribution in [0.1, 0.15) is 33.4 Å². The molecule has 0 radical (unpaired) electrons. The van der Waals surface area contributed by atoms with Gasteiger partial charge in [0.05, 0.1) is 24.9 Å². The van der Waals surface area contributed by atoms with Crippen LogP contribution in [-0.2, 0) is 4.74 Å². The number of fused-ring (bicyclic) bond motifs is 1. The number of ether oxygens (including phenoxy) is 1. The Morgan fingerprint density at radius 3 is 3.00 bits per heavy atom. The van der Waals surface area contributed by atoms with E-state index in [0.29, 0.717) is 25.3 Å². The molecule has 0 spiro atoms. The fourth-order valence-corrected chi connectivity index (χ4v) is 3.32. The van der Waals surface area contributed by atoms with Gasteiger partial charge >= 0.3 is 0 Å². The number of amides is 1. The van der Waals surface area contributed by atoms with Crippen molar-refractivity contribution in [1.29, 1.82) is 0 Å². The highest BCUT2D eigenvalue weighted by Gasteiger charge is 2.30. The average Bonchev–Trinajstić information content (AvgIpc) is 3.23. The number of aromatic nitrogens is 3. The summed E-state index contributed by atoms with van der Waals surface area (Å²) in [6.07, 6.45) is 1.70. The fraction of sp³-hybridized carbons (Fsp3) is 0.333. The first-order chi connectivity index (χ1) is 11.6. The zero-order valence-electron chi connectivity index (χ0n) is 13.8. The maximum Gasteiger partial charge on any atom is 0.254 e. The highest BCUT2D eigenvalue weighted by atomic mass is 16.5. The molecule has 6 nitrogen and oxygen atoms in total. The van der Waals surface area contributed by atoms with E-state index in [2.05, 4.69) is 22.1 Å². The highest BCUT2D eigenvalue weighted by molar-refractivity contribution is 5.99. The van der Waals surface area contributed by atoms with E-state index in [9.17, 15) is 4.79 Å². The monoisotopic (exact) mass is 324 g/mol. The van der Waals surface area contributed by atoms with Crippen LogP contribution in [-0.4, -0.2) is 45.7 Å². The lowest BCUT2D eigenvalue weighted by molar-refractivity contribution is -0.00390. The van der Waals surface area contributed by atoms with Gasteiger partial charge in [-0.15, -0.1) is 0 Å². The van der Waals surface area contributed by atoms with Gasteiger partial charge in [-0.25, -0.2) is 0 Å². The van der Waals surface area contributed by atoms with Gasteiger partial charge in [0.15, 0.2) is 0 Å². The van der Waals surface area contributed by atoms with E-state index in [1.807, 2.05) is 36.1 Å². The van der Waals surface area contributed by atoms with Crippen LogP contribution in [0.25, 0.3) is 10.9 Å². The Bertz CT molecular complexity index is 882. The maximum absolute atomic E-state index is 13.1. The number of H-pyrrole nitrogens is 2. The molecule has 6 heteroatoms. The number of rotatable bonds is 2. The molecular weight excluding hydrogens is 304 g/mol. The first-order valence-corrected chi connectivity index (χ1v) is 8.12. The predicted molar refractivity (Wildman–Crippen MR) is 91.0 cm³/mol. The molecule has 124 valence electrons. The predicted octanol–water partition coefficient (Wildman–Crippen LogP) is 2.72. The molecule has 0 aliphatic carbocycles. The second-order valence-electron chi connectivity index (χ2n) is 6.24. The number of morpholine rings is 1. The van der Waals surface area contributed by atoms with Gasteiger partial charge in [-0.3, -0.25) is 9.89 Å².